The van der Waals surface area contributed by atoms with Gasteiger partial charge in [-0.1, -0.05) is 0 Å². The van der Waals surface area contributed by atoms with Crippen LogP contribution in [-0.2, 0) is 15.0 Å². The Morgan fingerprint density at radius 1 is 1.44 bits per heavy atom. The lowest BCUT2D eigenvalue weighted by molar-refractivity contribution is -0.117. The van der Waals surface area contributed by atoms with E-state index in [-0.39, 0.29) is 24.7 Å². The molecule has 1 saturated heterocycles. The molecule has 0 aromatic carbocycles. The average molecular weight is 275 g/mol. The molecule has 0 spiro atoms. The van der Waals surface area contributed by atoms with Gasteiger partial charge in [-0.2, -0.15) is 8.42 Å². The fraction of sp³-hybridized carbons (Fsp3) is 0.444. The van der Waals surface area contributed by atoms with Gasteiger partial charge in [0.15, 0.2) is 5.82 Å². The molecule has 0 radical (unpaired) electrons. The second-order valence-electron chi connectivity index (χ2n) is 3.74. The predicted molar refractivity (Wildman–Crippen MR) is 59.4 cm³/mol. The smallest absolute Gasteiger partial charge is 0.307 e. The molecular formula is C9H10FN3O4S. The van der Waals surface area contributed by atoms with Gasteiger partial charge in [-0.05, 0) is 6.07 Å². The maximum absolute atomic E-state index is 12.8. The molecule has 2 heterocycles. The van der Waals surface area contributed by atoms with Crippen molar-refractivity contribution >= 4 is 21.9 Å². The van der Waals surface area contributed by atoms with Crippen molar-refractivity contribution in [3.8, 4) is 5.88 Å². The van der Waals surface area contributed by atoms with E-state index >= 15 is 0 Å². The Balaban J connectivity index is 2.21. The summed E-state index contributed by atoms with van der Waals surface area (Å²) in [6.07, 6.45) is -0.382. The lowest BCUT2D eigenvalue weighted by atomic mass is 10.4. The van der Waals surface area contributed by atoms with Gasteiger partial charge in [-0.15, -0.1) is 14.1 Å². The van der Waals surface area contributed by atoms with Crippen LogP contribution in [0.1, 0.15) is 6.42 Å². The Morgan fingerprint density at radius 2 is 2.17 bits per heavy atom. The number of halogens is 1. The molecule has 98 valence electrons. The van der Waals surface area contributed by atoms with Crippen molar-refractivity contribution in [2.75, 3.05) is 18.6 Å². The van der Waals surface area contributed by atoms with Crippen molar-refractivity contribution in [3.05, 3.63) is 12.1 Å². The molecule has 9 heteroatoms. The fourth-order valence-corrected chi connectivity index (χ4v) is 2.32. The summed E-state index contributed by atoms with van der Waals surface area (Å²) in [5.41, 5.74) is 0. The van der Waals surface area contributed by atoms with Crippen molar-refractivity contribution in [1.82, 2.24) is 10.2 Å². The van der Waals surface area contributed by atoms with Gasteiger partial charge in [0.05, 0.1) is 7.11 Å². The van der Waals surface area contributed by atoms with E-state index in [0.29, 0.717) is 0 Å². The van der Waals surface area contributed by atoms with Crippen LogP contribution in [0.5, 0.6) is 5.88 Å². The van der Waals surface area contributed by atoms with Crippen molar-refractivity contribution in [3.63, 3.8) is 0 Å². The van der Waals surface area contributed by atoms with E-state index in [1.165, 1.54) is 19.2 Å². The summed E-state index contributed by atoms with van der Waals surface area (Å²) in [5, 5.41) is 6.03. The van der Waals surface area contributed by atoms with Crippen molar-refractivity contribution in [2.45, 2.75) is 11.7 Å². The highest BCUT2D eigenvalue weighted by atomic mass is 32.3. The molecule has 1 aliphatic heterocycles. The standard InChI is InChI=1S/C9H10FN3O4S/c1-17-8-3-2-7(11-12-8)13-5-6(4-9(13)14)18(10,15)16/h2-3,6H,4-5H2,1H3. The van der Waals surface area contributed by atoms with Gasteiger partial charge in [0.25, 0.3) is 0 Å². The maximum Gasteiger partial charge on any atom is 0.307 e. The van der Waals surface area contributed by atoms with Crippen LogP contribution in [0.25, 0.3) is 0 Å². The Morgan fingerprint density at radius 3 is 2.61 bits per heavy atom. The number of ether oxygens (including phenoxy) is 1. The highest BCUT2D eigenvalue weighted by Gasteiger charge is 2.39. The summed E-state index contributed by atoms with van der Waals surface area (Å²) in [4.78, 5) is 12.7. The summed E-state index contributed by atoms with van der Waals surface area (Å²) in [6, 6.07) is 2.93. The van der Waals surface area contributed by atoms with Crippen LogP contribution >= 0.6 is 0 Å². The van der Waals surface area contributed by atoms with E-state index < -0.39 is 21.4 Å². The van der Waals surface area contributed by atoms with E-state index in [2.05, 4.69) is 10.2 Å². The minimum Gasteiger partial charge on any atom is -0.480 e. The topological polar surface area (TPSA) is 89.5 Å². The first kappa shape index (κ1) is 12.7. The molecule has 7 nitrogen and oxygen atoms in total. The van der Waals surface area contributed by atoms with Gasteiger partial charge in [-0.25, -0.2) is 0 Å². The average Bonchev–Trinajstić information content (AvgIpc) is 2.71. The number of nitrogens with zero attached hydrogens (tertiary/aromatic N) is 3. The molecule has 1 aromatic heterocycles. The second-order valence-corrected chi connectivity index (χ2v) is 5.36. The molecule has 1 amide bonds. The molecule has 18 heavy (non-hydrogen) atoms. The highest BCUT2D eigenvalue weighted by Crippen LogP contribution is 2.24. The number of carbonyl (C=O) groups is 1. The maximum atomic E-state index is 12.8. The molecule has 0 N–H and O–H groups in total. The van der Waals surface area contributed by atoms with E-state index in [4.69, 9.17) is 4.74 Å². The third kappa shape index (κ3) is 2.40. The van der Waals surface area contributed by atoms with Crippen LogP contribution in [0.15, 0.2) is 12.1 Å². The largest absolute Gasteiger partial charge is 0.480 e. The molecule has 1 aromatic rings. The molecule has 0 aliphatic carbocycles. The molecular weight excluding hydrogens is 265 g/mol. The fourth-order valence-electron chi connectivity index (χ4n) is 1.65. The monoisotopic (exact) mass is 275 g/mol. The van der Waals surface area contributed by atoms with Gasteiger partial charge < -0.3 is 4.74 Å². The third-order valence-corrected chi connectivity index (χ3v) is 3.71. The minimum atomic E-state index is -4.72. The first-order chi connectivity index (χ1) is 8.41. The first-order valence-corrected chi connectivity index (χ1v) is 6.48. The molecule has 0 saturated carbocycles. The van der Waals surface area contributed by atoms with Crippen molar-refractivity contribution in [1.29, 1.82) is 0 Å². The van der Waals surface area contributed by atoms with Crippen LogP contribution < -0.4 is 9.64 Å². The molecule has 1 unspecified atom stereocenters. The highest BCUT2D eigenvalue weighted by molar-refractivity contribution is 7.87. The summed E-state index contributed by atoms with van der Waals surface area (Å²) in [6.45, 7) is -0.251. The molecule has 2 rings (SSSR count). The molecule has 0 bridgehead atoms. The number of aromatic nitrogens is 2. The van der Waals surface area contributed by atoms with Crippen molar-refractivity contribution < 1.29 is 21.8 Å². The van der Waals surface area contributed by atoms with Crippen molar-refractivity contribution in [2.24, 2.45) is 0 Å². The van der Waals surface area contributed by atoms with E-state index in [9.17, 15) is 17.1 Å². The Hall–Kier alpha value is -1.77. The lowest BCUT2D eigenvalue weighted by Crippen LogP contribution is -2.27. The normalized spacial score (nSPS) is 20.2. The summed E-state index contributed by atoms with van der Waals surface area (Å²) < 4.78 is 39.1. The second kappa shape index (κ2) is 4.48. The van der Waals surface area contributed by atoms with Gasteiger partial charge in [0.1, 0.15) is 5.25 Å². The number of amides is 1. The van der Waals surface area contributed by atoms with E-state index in [1.54, 1.807) is 0 Å². The molecule has 1 atom stereocenters. The number of hydrogen-bond donors (Lipinski definition) is 0. The SMILES string of the molecule is COc1ccc(N2CC(S(=O)(=O)F)CC2=O)nn1. The number of anilines is 1. The number of methoxy groups -OCH3 is 1. The summed E-state index contributed by atoms with van der Waals surface area (Å²) >= 11 is 0. The van der Waals surface area contributed by atoms with Gasteiger partial charge in [0.2, 0.25) is 11.8 Å². The Bertz CT molecular complexity index is 560. The van der Waals surface area contributed by atoms with Crippen LogP contribution in [0.2, 0.25) is 0 Å². The van der Waals surface area contributed by atoms with Gasteiger partial charge >= 0.3 is 10.2 Å². The van der Waals surface area contributed by atoms with E-state index in [1.807, 2.05) is 0 Å². The molecule has 1 fully saturated rings. The first-order valence-electron chi connectivity index (χ1n) is 5.03. The quantitative estimate of drug-likeness (QED) is 0.715. The van der Waals surface area contributed by atoms with Gasteiger partial charge in [0, 0.05) is 19.0 Å². The lowest BCUT2D eigenvalue weighted by Gasteiger charge is -2.13. The van der Waals surface area contributed by atoms with Crippen LogP contribution in [0.4, 0.5) is 9.70 Å². The minimum absolute atomic E-state index is 0.173. The number of rotatable bonds is 3. The van der Waals surface area contributed by atoms with E-state index in [0.717, 1.165) is 4.90 Å². The zero-order valence-electron chi connectivity index (χ0n) is 9.41. The zero-order chi connectivity index (χ0) is 13.3. The molecule has 1 aliphatic rings. The van der Waals surface area contributed by atoms with Crippen LogP contribution in [0.3, 0.4) is 0 Å². The predicted octanol–water partition coefficient (Wildman–Crippen LogP) is -0.110. The number of carbonyl (C=O) groups excluding carboxylic acids is 1. The number of hydrogen-bond acceptors (Lipinski definition) is 6. The van der Waals surface area contributed by atoms with Gasteiger partial charge in [-0.3, -0.25) is 9.69 Å². The Labute approximate surface area is 103 Å². The third-order valence-electron chi connectivity index (χ3n) is 2.60. The van der Waals surface area contributed by atoms with Crippen LogP contribution in [-0.4, -0.2) is 43.4 Å². The van der Waals surface area contributed by atoms with Crippen LogP contribution in [0, 0.1) is 0 Å². The summed E-state index contributed by atoms with van der Waals surface area (Å²) in [5.74, 6) is -0.0623. The zero-order valence-corrected chi connectivity index (χ0v) is 10.2. The summed E-state index contributed by atoms with van der Waals surface area (Å²) in [7, 11) is -3.31. The Kier molecular flexibility index (Phi) is 3.16.